The summed E-state index contributed by atoms with van der Waals surface area (Å²) in [7, 11) is -6.48. The van der Waals surface area contributed by atoms with Crippen LogP contribution in [0.5, 0.6) is 0 Å². The lowest BCUT2D eigenvalue weighted by atomic mass is 10.1. The largest absolute Gasteiger partial charge is 0.406 e. The fourth-order valence-corrected chi connectivity index (χ4v) is 6.31. The average molecular weight is 568 g/mol. The van der Waals surface area contributed by atoms with Gasteiger partial charge in [0.25, 0.3) is 0 Å². The molecule has 0 unspecified atom stereocenters. The van der Waals surface area contributed by atoms with Gasteiger partial charge >= 0.3 is 12.1 Å². The minimum atomic E-state index is -4.55. The van der Waals surface area contributed by atoms with Crippen LogP contribution in [0, 0.1) is 11.8 Å². The Morgan fingerprint density at radius 3 is 2.37 bits per heavy atom. The number of aromatic nitrogens is 1. The molecule has 0 atom stereocenters. The molecular formula is C25H24F3N3O5S2. The predicted octanol–water partition coefficient (Wildman–Crippen LogP) is 3.59. The van der Waals surface area contributed by atoms with E-state index in [1.165, 1.54) is 36.4 Å². The van der Waals surface area contributed by atoms with Crippen LogP contribution in [0.15, 0.2) is 53.4 Å². The number of benzene rings is 2. The number of carbonyl (C=O) groups excluding carboxylic acids is 1. The van der Waals surface area contributed by atoms with Crippen molar-refractivity contribution in [2.45, 2.75) is 36.5 Å². The summed E-state index contributed by atoms with van der Waals surface area (Å²) in [6.45, 7) is -1.32. The maximum atomic E-state index is 13.4. The van der Waals surface area contributed by atoms with Gasteiger partial charge in [-0.05, 0) is 61.2 Å². The summed E-state index contributed by atoms with van der Waals surface area (Å²) < 4.78 is 87.8. The first kappa shape index (κ1) is 27.5. The Morgan fingerprint density at radius 2 is 1.76 bits per heavy atom. The molecule has 2 heterocycles. The van der Waals surface area contributed by atoms with E-state index in [1.54, 1.807) is 12.1 Å². The van der Waals surface area contributed by atoms with Crippen molar-refractivity contribution >= 4 is 47.9 Å². The van der Waals surface area contributed by atoms with E-state index in [2.05, 4.69) is 22.5 Å². The molecule has 202 valence electrons. The zero-order valence-electron chi connectivity index (χ0n) is 20.2. The number of fused-ring (bicyclic) bond motifs is 1. The van der Waals surface area contributed by atoms with Gasteiger partial charge in [0.1, 0.15) is 16.4 Å². The smallest absolute Gasteiger partial charge is 0.382 e. The Bertz CT molecular complexity index is 1640. The first-order valence-electron chi connectivity index (χ1n) is 11.5. The number of hydrogen-bond acceptors (Lipinski definition) is 6. The van der Waals surface area contributed by atoms with E-state index in [9.17, 15) is 34.8 Å². The number of nitrogens with one attached hydrogen (secondary N) is 2. The average Bonchev–Trinajstić information content (AvgIpc) is 3.15. The second-order valence-corrected chi connectivity index (χ2v) is 13.4. The summed E-state index contributed by atoms with van der Waals surface area (Å²) in [5, 5.41) is 6.18. The SMILES string of the molecule is CS(=O)(=O)c1ccc(NC(=O)C#Cc2cc3c(NC4CCS(=O)(=O)CC4)cccc3n2CC(F)(F)F)cc1. The van der Waals surface area contributed by atoms with E-state index in [0.29, 0.717) is 23.9 Å². The highest BCUT2D eigenvalue weighted by atomic mass is 32.2. The third kappa shape index (κ3) is 6.87. The van der Waals surface area contributed by atoms with Crippen LogP contribution in [0.25, 0.3) is 10.9 Å². The lowest BCUT2D eigenvalue weighted by Crippen LogP contribution is -2.32. The van der Waals surface area contributed by atoms with Crippen molar-refractivity contribution in [3.8, 4) is 11.8 Å². The Morgan fingerprint density at radius 1 is 1.11 bits per heavy atom. The van der Waals surface area contributed by atoms with E-state index in [4.69, 9.17) is 0 Å². The quantitative estimate of drug-likeness (QED) is 0.456. The van der Waals surface area contributed by atoms with Crippen molar-refractivity contribution in [1.29, 1.82) is 0 Å². The summed E-state index contributed by atoms with van der Waals surface area (Å²) in [4.78, 5) is 12.4. The number of amides is 1. The maximum absolute atomic E-state index is 13.4. The first-order chi connectivity index (χ1) is 17.7. The highest BCUT2D eigenvalue weighted by molar-refractivity contribution is 7.91. The summed E-state index contributed by atoms with van der Waals surface area (Å²) in [6.07, 6.45) is -2.72. The van der Waals surface area contributed by atoms with E-state index in [-0.39, 0.29) is 39.3 Å². The van der Waals surface area contributed by atoms with Crippen molar-refractivity contribution in [3.63, 3.8) is 0 Å². The zero-order chi connectivity index (χ0) is 27.7. The number of alkyl halides is 3. The van der Waals surface area contributed by atoms with Gasteiger partial charge in [-0.1, -0.05) is 6.07 Å². The number of rotatable bonds is 5. The van der Waals surface area contributed by atoms with Crippen molar-refractivity contribution in [2.24, 2.45) is 0 Å². The first-order valence-corrected chi connectivity index (χ1v) is 15.2. The molecule has 0 saturated carbocycles. The standard InChI is InChI=1S/C25H24F3N3O5S2/c1-37(33,34)20-8-5-17(6-9-20)30-24(32)10-7-19-15-21-22(29-18-11-13-38(35,36)14-12-18)3-2-4-23(21)31(19)16-25(26,27)28/h2-6,8-9,15,18,29H,11-14,16H2,1H3,(H,30,32). The van der Waals surface area contributed by atoms with Gasteiger partial charge in [0, 0.05) is 35.0 Å². The fourth-order valence-electron chi connectivity index (χ4n) is 4.19. The Labute approximate surface area is 218 Å². The van der Waals surface area contributed by atoms with Crippen LogP contribution in [0.4, 0.5) is 24.5 Å². The van der Waals surface area contributed by atoms with Crippen LogP contribution >= 0.6 is 0 Å². The number of nitrogens with zero attached hydrogens (tertiary/aromatic N) is 1. The Hall–Kier alpha value is -3.50. The molecule has 1 aliphatic heterocycles. The second kappa shape index (κ2) is 10.3. The summed E-state index contributed by atoms with van der Waals surface area (Å²) in [5.41, 5.74) is 1.05. The van der Waals surface area contributed by atoms with Crippen LogP contribution in [-0.2, 0) is 31.0 Å². The number of hydrogen-bond donors (Lipinski definition) is 2. The van der Waals surface area contributed by atoms with Crippen molar-refractivity contribution in [1.82, 2.24) is 4.57 Å². The number of anilines is 2. The van der Waals surface area contributed by atoms with Crippen LogP contribution in [-0.4, -0.2) is 57.3 Å². The molecule has 2 N–H and O–H groups in total. The van der Waals surface area contributed by atoms with Crippen LogP contribution in [0.2, 0.25) is 0 Å². The highest BCUT2D eigenvalue weighted by Crippen LogP contribution is 2.31. The van der Waals surface area contributed by atoms with Gasteiger partial charge in [-0.25, -0.2) is 16.8 Å². The molecule has 13 heteroatoms. The van der Waals surface area contributed by atoms with Crippen LogP contribution in [0.1, 0.15) is 18.5 Å². The lowest BCUT2D eigenvalue weighted by molar-refractivity contribution is -0.140. The molecule has 0 radical (unpaired) electrons. The summed E-state index contributed by atoms with van der Waals surface area (Å²) >= 11 is 0. The number of halogens is 3. The van der Waals surface area contributed by atoms with Gasteiger partial charge in [0.2, 0.25) is 0 Å². The van der Waals surface area contributed by atoms with Crippen molar-refractivity contribution in [2.75, 3.05) is 28.4 Å². The molecule has 0 spiro atoms. The van der Waals surface area contributed by atoms with Gasteiger partial charge in [0.05, 0.1) is 27.6 Å². The molecule has 8 nitrogen and oxygen atoms in total. The maximum Gasteiger partial charge on any atom is 0.406 e. The molecule has 0 aliphatic carbocycles. The van der Waals surface area contributed by atoms with E-state index in [1.807, 2.05) is 0 Å². The molecule has 0 bridgehead atoms. The highest BCUT2D eigenvalue weighted by Gasteiger charge is 2.30. The van der Waals surface area contributed by atoms with Crippen LogP contribution < -0.4 is 10.6 Å². The second-order valence-electron chi connectivity index (χ2n) is 9.04. The number of sulfone groups is 2. The molecule has 1 aromatic heterocycles. The lowest BCUT2D eigenvalue weighted by Gasteiger charge is -2.24. The molecular weight excluding hydrogens is 543 g/mol. The van der Waals surface area contributed by atoms with Gasteiger partial charge in [-0.15, -0.1) is 0 Å². The molecule has 1 saturated heterocycles. The summed E-state index contributed by atoms with van der Waals surface area (Å²) in [5.74, 6) is 4.11. The van der Waals surface area contributed by atoms with Gasteiger partial charge in [-0.3, -0.25) is 4.79 Å². The zero-order valence-corrected chi connectivity index (χ0v) is 21.8. The van der Waals surface area contributed by atoms with Gasteiger partial charge in [0.15, 0.2) is 9.84 Å². The van der Waals surface area contributed by atoms with Gasteiger partial charge in [-0.2, -0.15) is 13.2 Å². The topological polar surface area (TPSA) is 114 Å². The van der Waals surface area contributed by atoms with Crippen molar-refractivity contribution < 1.29 is 34.8 Å². The van der Waals surface area contributed by atoms with E-state index < -0.39 is 38.3 Å². The third-order valence-electron chi connectivity index (χ3n) is 6.04. The number of carbonyl (C=O) groups is 1. The minimum Gasteiger partial charge on any atom is -0.382 e. The Balaban J connectivity index is 1.61. The molecule has 1 amide bonds. The molecule has 3 aromatic rings. The minimum absolute atomic E-state index is 0.0274. The van der Waals surface area contributed by atoms with E-state index >= 15 is 0 Å². The fraction of sp³-hybridized carbons (Fsp3) is 0.320. The van der Waals surface area contributed by atoms with Crippen LogP contribution in [0.3, 0.4) is 0 Å². The molecule has 38 heavy (non-hydrogen) atoms. The molecule has 2 aromatic carbocycles. The monoisotopic (exact) mass is 567 g/mol. The Kier molecular flexibility index (Phi) is 7.49. The molecule has 1 aliphatic rings. The van der Waals surface area contributed by atoms with E-state index in [0.717, 1.165) is 10.8 Å². The normalized spacial score (nSPS) is 16.0. The third-order valence-corrected chi connectivity index (χ3v) is 8.89. The predicted molar refractivity (Wildman–Crippen MR) is 138 cm³/mol. The van der Waals surface area contributed by atoms with Crippen molar-refractivity contribution in [3.05, 3.63) is 54.2 Å². The van der Waals surface area contributed by atoms with Gasteiger partial charge < -0.3 is 15.2 Å². The molecule has 1 fully saturated rings. The summed E-state index contributed by atoms with van der Waals surface area (Å²) in [6, 6.07) is 11.5. The molecule has 4 rings (SSSR count).